The summed E-state index contributed by atoms with van der Waals surface area (Å²) >= 11 is 12.5. The van der Waals surface area contributed by atoms with E-state index < -0.39 is 11.2 Å². The number of hydrogen-bond acceptors (Lipinski definition) is 12. The van der Waals surface area contributed by atoms with Crippen molar-refractivity contribution in [2.24, 2.45) is 25.9 Å². The van der Waals surface area contributed by atoms with Crippen LogP contribution in [0.4, 0.5) is 0 Å². The summed E-state index contributed by atoms with van der Waals surface area (Å²) in [6.07, 6.45) is 18.0. The van der Waals surface area contributed by atoms with Crippen LogP contribution in [0.1, 0.15) is 99.4 Å². The molecule has 0 saturated carbocycles. The monoisotopic (exact) mass is 1060 g/mol. The quantitative estimate of drug-likeness (QED) is 0.132. The molecule has 16 nitrogen and oxygen atoms in total. The highest BCUT2D eigenvalue weighted by Gasteiger charge is 2.35. The largest absolute Gasteiger partial charge is 0.386 e. The number of aryl methyl sites for hydroxylation is 4. The van der Waals surface area contributed by atoms with Crippen LogP contribution in [-0.2, 0) is 34.8 Å². The molecule has 0 spiro atoms. The van der Waals surface area contributed by atoms with Crippen molar-refractivity contribution in [3.63, 3.8) is 0 Å². The molecule has 0 radical (unpaired) electrons. The Bertz CT molecular complexity index is 3460. The minimum Gasteiger partial charge on any atom is -0.386 e. The predicted octanol–water partition coefficient (Wildman–Crippen LogP) is 11.2. The van der Waals surface area contributed by atoms with Crippen LogP contribution in [0.5, 0.6) is 0 Å². The van der Waals surface area contributed by atoms with Crippen LogP contribution in [0.2, 0.25) is 10.0 Å². The fraction of sp³-hybridized carbons (Fsp3) is 0.379. The van der Waals surface area contributed by atoms with E-state index in [2.05, 4.69) is 31.2 Å². The Kier molecular flexibility index (Phi) is 13.8. The Hall–Kier alpha value is -6.66. The minimum atomic E-state index is -1.03. The third-order valence-corrected chi connectivity index (χ3v) is 15.7. The Morgan fingerprint density at radius 3 is 1.25 bits per heavy atom. The number of halogens is 2. The topological polar surface area (TPSA) is 182 Å². The molecule has 2 saturated heterocycles. The molecule has 2 aliphatic rings. The van der Waals surface area contributed by atoms with Gasteiger partial charge in [0.2, 0.25) is 0 Å². The van der Waals surface area contributed by atoms with E-state index in [9.17, 15) is 10.2 Å². The SMILES string of the molecule is Cc1ncn(C)c1-c1cnc2c3cc(C(C)(C)O)cnc3n(C(c3ccc(Cl)cn3)C3CCOCC3)c2c1.Cc1ncn(C)c1-c1cnc2c3cc(C(C)(C)O)cnc3n(C(c3ccc(Cl)cn3)C3CCOCC3)c2c1. The molecule has 76 heavy (non-hydrogen) atoms. The molecule has 2 N–H and O–H groups in total. The lowest BCUT2D eigenvalue weighted by Gasteiger charge is -2.32. The Morgan fingerprint density at radius 2 is 0.921 bits per heavy atom. The zero-order chi connectivity index (χ0) is 53.2. The number of aromatic nitrogens is 12. The van der Waals surface area contributed by atoms with Crippen molar-refractivity contribution in [1.82, 2.24) is 58.1 Å². The molecular weight excluding hydrogens is 1000 g/mol. The van der Waals surface area contributed by atoms with Crippen molar-refractivity contribution < 1.29 is 19.7 Å². The molecule has 2 fully saturated rings. The first-order valence-corrected chi connectivity index (χ1v) is 26.6. The van der Waals surface area contributed by atoms with E-state index in [1.54, 1.807) is 52.5 Å². The average molecular weight is 1060 g/mol. The van der Waals surface area contributed by atoms with Crippen LogP contribution < -0.4 is 0 Å². The van der Waals surface area contributed by atoms with Gasteiger partial charge in [0.15, 0.2) is 0 Å². The van der Waals surface area contributed by atoms with Gasteiger partial charge in [0, 0.05) is 111 Å². The lowest BCUT2D eigenvalue weighted by Crippen LogP contribution is -2.27. The Morgan fingerprint density at radius 1 is 0.526 bits per heavy atom. The number of imidazole rings is 2. The van der Waals surface area contributed by atoms with Crippen molar-refractivity contribution >= 4 is 67.3 Å². The zero-order valence-corrected chi connectivity index (χ0v) is 45.5. The van der Waals surface area contributed by atoms with Crippen LogP contribution >= 0.6 is 23.2 Å². The van der Waals surface area contributed by atoms with Gasteiger partial charge in [-0.3, -0.25) is 19.9 Å². The lowest BCUT2D eigenvalue weighted by atomic mass is 9.89. The summed E-state index contributed by atoms with van der Waals surface area (Å²) in [5.41, 5.74) is 12.4. The van der Waals surface area contributed by atoms with E-state index in [1.165, 1.54) is 0 Å². The van der Waals surface area contributed by atoms with Crippen LogP contribution in [0.15, 0.2) is 98.4 Å². The molecule has 18 heteroatoms. The van der Waals surface area contributed by atoms with Crippen LogP contribution in [0, 0.1) is 25.7 Å². The summed E-state index contributed by atoms with van der Waals surface area (Å²) in [7, 11) is 3.99. The number of rotatable bonds is 10. The van der Waals surface area contributed by atoms with E-state index in [0.29, 0.717) is 36.5 Å². The maximum Gasteiger partial charge on any atom is 0.143 e. The second-order valence-electron chi connectivity index (χ2n) is 21.4. The maximum atomic E-state index is 10.8. The van der Waals surface area contributed by atoms with Crippen LogP contribution in [-0.4, -0.2) is 94.8 Å². The van der Waals surface area contributed by atoms with Crippen molar-refractivity contribution in [2.75, 3.05) is 26.4 Å². The second kappa shape index (κ2) is 20.4. The van der Waals surface area contributed by atoms with E-state index in [0.717, 1.165) is 126 Å². The van der Waals surface area contributed by atoms with Gasteiger partial charge < -0.3 is 38.0 Å². The van der Waals surface area contributed by atoms with Gasteiger partial charge >= 0.3 is 0 Å². The van der Waals surface area contributed by atoms with Gasteiger partial charge in [-0.2, -0.15) is 0 Å². The molecular formula is C58H62Cl2N12O4. The van der Waals surface area contributed by atoms with Crippen molar-refractivity contribution in [3.05, 3.63) is 142 Å². The third kappa shape index (κ3) is 9.64. The van der Waals surface area contributed by atoms with Gasteiger partial charge in [-0.25, -0.2) is 19.9 Å². The maximum absolute atomic E-state index is 10.8. The van der Waals surface area contributed by atoms with E-state index in [1.807, 2.05) is 98.5 Å². The van der Waals surface area contributed by atoms with Gasteiger partial charge in [0.25, 0.3) is 0 Å². The first-order valence-electron chi connectivity index (χ1n) is 25.8. The molecule has 0 bridgehead atoms. The number of hydrogen-bond donors (Lipinski definition) is 2. The van der Waals surface area contributed by atoms with Crippen molar-refractivity contribution in [2.45, 2.75) is 90.5 Å². The summed E-state index contributed by atoms with van der Waals surface area (Å²) in [5, 5.41) is 24.5. The summed E-state index contributed by atoms with van der Waals surface area (Å²) in [4.78, 5) is 38.4. The molecule has 0 amide bonds. The van der Waals surface area contributed by atoms with Crippen LogP contribution in [0.3, 0.4) is 0 Å². The van der Waals surface area contributed by atoms with Gasteiger partial charge in [0.1, 0.15) is 11.3 Å². The van der Waals surface area contributed by atoms with E-state index in [4.69, 9.17) is 62.6 Å². The zero-order valence-electron chi connectivity index (χ0n) is 44.0. The third-order valence-electron chi connectivity index (χ3n) is 15.2. The molecule has 2 atom stereocenters. The molecule has 392 valence electrons. The lowest BCUT2D eigenvalue weighted by molar-refractivity contribution is 0.0546. The number of ether oxygens (including phenoxy) is 2. The molecule has 12 heterocycles. The number of aliphatic hydroxyl groups is 2. The smallest absolute Gasteiger partial charge is 0.143 e. The minimum absolute atomic E-state index is 0.0960. The van der Waals surface area contributed by atoms with Crippen molar-refractivity contribution in [3.8, 4) is 22.5 Å². The molecule has 12 rings (SSSR count). The van der Waals surface area contributed by atoms with Gasteiger partial charge in [0.05, 0.1) is 102 Å². The molecule has 0 aromatic carbocycles. The number of pyridine rings is 6. The van der Waals surface area contributed by atoms with Gasteiger partial charge in [-0.15, -0.1) is 0 Å². The highest BCUT2D eigenvalue weighted by molar-refractivity contribution is 6.30. The average Bonchev–Trinajstić information content (AvgIpc) is 4.15. The first kappa shape index (κ1) is 51.4. The predicted molar refractivity (Wildman–Crippen MR) is 296 cm³/mol. The highest BCUT2D eigenvalue weighted by atomic mass is 35.5. The second-order valence-corrected chi connectivity index (χ2v) is 22.3. The Labute approximate surface area is 450 Å². The molecule has 10 aromatic rings. The highest BCUT2D eigenvalue weighted by Crippen LogP contribution is 2.43. The molecule has 2 aliphatic heterocycles. The molecule has 10 aromatic heterocycles. The molecule has 0 aliphatic carbocycles. The summed E-state index contributed by atoms with van der Waals surface area (Å²) in [6.45, 7) is 13.9. The summed E-state index contributed by atoms with van der Waals surface area (Å²) in [5.74, 6) is 0.572. The number of fused-ring (bicyclic) bond motifs is 6. The Balaban J connectivity index is 0.000000162. The molecule has 2 unspecified atom stereocenters. The van der Waals surface area contributed by atoms with E-state index >= 15 is 0 Å². The van der Waals surface area contributed by atoms with Gasteiger partial charge in [-0.05, 0) is 128 Å². The first-order chi connectivity index (χ1) is 36.4. The van der Waals surface area contributed by atoms with E-state index in [-0.39, 0.29) is 23.9 Å². The fourth-order valence-corrected chi connectivity index (χ4v) is 11.6. The van der Waals surface area contributed by atoms with Gasteiger partial charge in [-0.1, -0.05) is 23.2 Å². The summed E-state index contributed by atoms with van der Waals surface area (Å²) in [6, 6.07) is 16.0. The summed E-state index contributed by atoms with van der Waals surface area (Å²) < 4.78 is 20.1. The fourth-order valence-electron chi connectivity index (χ4n) is 11.3. The number of nitrogens with zero attached hydrogens (tertiary/aromatic N) is 12. The normalized spacial score (nSPS) is 15.9. The van der Waals surface area contributed by atoms with Crippen molar-refractivity contribution in [1.29, 1.82) is 0 Å². The standard InChI is InChI=1S/2C29H31ClN6O2/c2*1-17-26(35(4)16-34-17)19-11-24-25(32-13-19)22-12-20(29(2,3)37)14-33-28(22)36(24)27(18-7-9-38-10-8-18)23-6-5-21(30)15-31-23/h2*5-6,11-16,18,27,37H,7-10H2,1-4H3. The van der Waals surface area contributed by atoms with Crippen LogP contribution in [0.25, 0.3) is 66.6 Å².